The molecular weight excluding hydrogens is 458 g/mol. The van der Waals surface area contributed by atoms with Crippen molar-refractivity contribution in [2.24, 2.45) is 10.7 Å². The first kappa shape index (κ1) is 21.6. The zero-order chi connectivity index (χ0) is 18.3. The molecule has 0 heterocycles. The maximum Gasteiger partial charge on any atom is 0.416 e. The van der Waals surface area contributed by atoms with Crippen LogP contribution in [-0.4, -0.2) is 19.6 Å². The number of anilines is 1. The zero-order valence-corrected chi connectivity index (χ0v) is 16.1. The van der Waals surface area contributed by atoms with Gasteiger partial charge < -0.3 is 15.8 Å². The molecule has 0 bridgehead atoms. The fraction of sp³-hybridized carbons (Fsp3) is 0.167. The van der Waals surface area contributed by atoms with Gasteiger partial charge >= 0.3 is 6.18 Å². The van der Waals surface area contributed by atoms with Crippen molar-refractivity contribution in [2.45, 2.75) is 6.18 Å². The van der Waals surface area contributed by atoms with Crippen molar-refractivity contribution in [3.8, 4) is 17.6 Å². The van der Waals surface area contributed by atoms with Gasteiger partial charge in [0.25, 0.3) is 0 Å². The molecule has 2 aromatic rings. The van der Waals surface area contributed by atoms with Crippen LogP contribution >= 0.6 is 24.0 Å². The van der Waals surface area contributed by atoms with Crippen LogP contribution in [0.4, 0.5) is 18.9 Å². The van der Waals surface area contributed by atoms with Crippen LogP contribution in [0.15, 0.2) is 53.5 Å². The first-order chi connectivity index (χ1) is 11.9. The number of nitrogens with zero attached hydrogens (tertiary/aromatic N) is 1. The number of hydrogen-bond donors (Lipinski definition) is 2. The van der Waals surface area contributed by atoms with Crippen LogP contribution in [0.5, 0.6) is 5.75 Å². The third kappa shape index (κ3) is 6.84. The number of halogens is 4. The van der Waals surface area contributed by atoms with Crippen LogP contribution in [0.2, 0.25) is 0 Å². The maximum absolute atomic E-state index is 12.5. The Kier molecular flexibility index (Phi) is 8.25. The summed E-state index contributed by atoms with van der Waals surface area (Å²) >= 11 is 0. The standard InChI is InChI=1S/C18H16F3N3O.HI/c1-25-16-10-8-15(9-11-16)24-17(22)23-12-2-3-13-4-6-14(7-5-13)18(19,20)21;/h4-11H,12H2,1H3,(H3,22,23,24);1H. The summed E-state index contributed by atoms with van der Waals surface area (Å²) in [6, 6.07) is 11.8. The summed E-state index contributed by atoms with van der Waals surface area (Å²) in [5, 5.41) is 2.90. The van der Waals surface area contributed by atoms with Gasteiger partial charge in [0.2, 0.25) is 0 Å². The van der Waals surface area contributed by atoms with Gasteiger partial charge in [-0.15, -0.1) is 24.0 Å². The first-order valence-electron chi connectivity index (χ1n) is 7.25. The van der Waals surface area contributed by atoms with E-state index in [1.54, 1.807) is 31.4 Å². The van der Waals surface area contributed by atoms with Crippen LogP contribution < -0.4 is 15.8 Å². The van der Waals surface area contributed by atoms with Crippen molar-refractivity contribution in [3.05, 3.63) is 59.7 Å². The summed E-state index contributed by atoms with van der Waals surface area (Å²) in [6.07, 6.45) is -4.35. The molecule has 0 aromatic heterocycles. The fourth-order valence-corrected chi connectivity index (χ4v) is 1.87. The minimum absolute atomic E-state index is 0. The molecule has 26 heavy (non-hydrogen) atoms. The molecule has 0 aliphatic heterocycles. The Morgan fingerprint density at radius 2 is 1.73 bits per heavy atom. The van der Waals surface area contributed by atoms with Crippen LogP contribution in [0.1, 0.15) is 11.1 Å². The molecule has 0 saturated heterocycles. The lowest BCUT2D eigenvalue weighted by atomic mass is 10.1. The number of hydrogen-bond acceptors (Lipinski definition) is 2. The van der Waals surface area contributed by atoms with E-state index in [0.29, 0.717) is 5.56 Å². The zero-order valence-electron chi connectivity index (χ0n) is 13.8. The summed E-state index contributed by atoms with van der Waals surface area (Å²) in [5.74, 6) is 6.38. The highest BCUT2D eigenvalue weighted by molar-refractivity contribution is 14.0. The predicted octanol–water partition coefficient (Wildman–Crippen LogP) is 4.11. The number of nitrogens with two attached hydrogens (primary N) is 1. The van der Waals surface area contributed by atoms with E-state index < -0.39 is 11.7 Å². The van der Waals surface area contributed by atoms with Gasteiger partial charge in [-0.3, -0.25) is 0 Å². The molecule has 2 rings (SSSR count). The number of methoxy groups -OCH3 is 1. The lowest BCUT2D eigenvalue weighted by Crippen LogP contribution is -2.22. The number of rotatable bonds is 3. The molecule has 0 amide bonds. The number of ether oxygens (including phenoxy) is 1. The number of benzene rings is 2. The monoisotopic (exact) mass is 475 g/mol. The van der Waals surface area contributed by atoms with Crippen molar-refractivity contribution >= 4 is 35.6 Å². The van der Waals surface area contributed by atoms with Gasteiger partial charge in [-0.1, -0.05) is 11.8 Å². The highest BCUT2D eigenvalue weighted by atomic mass is 127. The smallest absolute Gasteiger partial charge is 0.416 e. The molecule has 0 radical (unpaired) electrons. The highest BCUT2D eigenvalue weighted by Gasteiger charge is 2.29. The number of aliphatic imine (C=N–C) groups is 1. The van der Waals surface area contributed by atoms with Crippen molar-refractivity contribution < 1.29 is 17.9 Å². The molecule has 0 fully saturated rings. The van der Waals surface area contributed by atoms with Crippen molar-refractivity contribution in [2.75, 3.05) is 19.0 Å². The normalized spacial score (nSPS) is 11.0. The molecule has 138 valence electrons. The summed E-state index contributed by atoms with van der Waals surface area (Å²) in [6.45, 7) is 0.121. The summed E-state index contributed by atoms with van der Waals surface area (Å²) in [5.41, 5.74) is 6.26. The molecule has 0 aliphatic rings. The Morgan fingerprint density at radius 1 is 1.12 bits per heavy atom. The van der Waals surface area contributed by atoms with Gasteiger partial charge in [-0.25, -0.2) is 4.99 Å². The fourth-order valence-electron chi connectivity index (χ4n) is 1.87. The molecule has 0 aliphatic carbocycles. The predicted molar refractivity (Wildman–Crippen MR) is 107 cm³/mol. The maximum atomic E-state index is 12.5. The van der Waals surface area contributed by atoms with Crippen LogP contribution in [0.25, 0.3) is 0 Å². The Balaban J connectivity index is 0.00000338. The molecule has 4 nitrogen and oxygen atoms in total. The van der Waals surface area contributed by atoms with E-state index in [1.165, 1.54) is 12.1 Å². The molecule has 3 N–H and O–H groups in total. The van der Waals surface area contributed by atoms with Gasteiger partial charge in [0.15, 0.2) is 5.96 Å². The third-order valence-corrected chi connectivity index (χ3v) is 3.14. The van der Waals surface area contributed by atoms with Crippen molar-refractivity contribution in [1.82, 2.24) is 0 Å². The van der Waals surface area contributed by atoms with Crippen molar-refractivity contribution in [3.63, 3.8) is 0 Å². The molecule has 2 aromatic carbocycles. The second kappa shape index (κ2) is 9.91. The van der Waals surface area contributed by atoms with Crippen LogP contribution in [-0.2, 0) is 6.18 Å². The highest BCUT2D eigenvalue weighted by Crippen LogP contribution is 2.28. The Bertz CT molecular complexity index is 792. The number of nitrogens with one attached hydrogen (secondary N) is 1. The van der Waals surface area contributed by atoms with E-state index in [4.69, 9.17) is 10.5 Å². The number of guanidine groups is 1. The average Bonchev–Trinajstić information content (AvgIpc) is 2.59. The minimum atomic E-state index is -4.35. The molecule has 8 heteroatoms. The molecule has 0 unspecified atom stereocenters. The molecule has 0 saturated carbocycles. The van der Waals surface area contributed by atoms with E-state index in [-0.39, 0.29) is 36.5 Å². The molecular formula is C18H17F3IN3O. The van der Waals surface area contributed by atoms with E-state index in [1.807, 2.05) is 0 Å². The van der Waals surface area contributed by atoms with Gasteiger partial charge in [-0.05, 0) is 48.5 Å². The van der Waals surface area contributed by atoms with Gasteiger partial charge in [-0.2, -0.15) is 13.2 Å². The third-order valence-electron chi connectivity index (χ3n) is 3.14. The summed E-state index contributed by atoms with van der Waals surface area (Å²) < 4.78 is 42.4. The molecule has 0 atom stereocenters. The summed E-state index contributed by atoms with van der Waals surface area (Å²) in [4.78, 5) is 4.03. The van der Waals surface area contributed by atoms with Gasteiger partial charge in [0.05, 0.1) is 12.7 Å². The lowest BCUT2D eigenvalue weighted by molar-refractivity contribution is -0.137. The lowest BCUT2D eigenvalue weighted by Gasteiger charge is -2.06. The SMILES string of the molecule is COc1ccc(NC(N)=NCC#Cc2ccc(C(F)(F)F)cc2)cc1.I. The second-order valence-corrected chi connectivity index (χ2v) is 4.93. The Hall–Kier alpha value is -2.41. The second-order valence-electron chi connectivity index (χ2n) is 4.93. The van der Waals surface area contributed by atoms with Gasteiger partial charge in [0, 0.05) is 11.3 Å². The Morgan fingerprint density at radius 3 is 2.27 bits per heavy atom. The van der Waals surface area contributed by atoms with E-state index in [0.717, 1.165) is 23.6 Å². The average molecular weight is 475 g/mol. The first-order valence-corrected chi connectivity index (χ1v) is 7.25. The topological polar surface area (TPSA) is 59.6 Å². The van der Waals surface area contributed by atoms with E-state index >= 15 is 0 Å². The van der Waals surface area contributed by atoms with Crippen LogP contribution in [0.3, 0.4) is 0 Å². The van der Waals surface area contributed by atoms with E-state index in [9.17, 15) is 13.2 Å². The van der Waals surface area contributed by atoms with Crippen LogP contribution in [0, 0.1) is 11.8 Å². The summed E-state index contributed by atoms with van der Waals surface area (Å²) in [7, 11) is 1.58. The van der Waals surface area contributed by atoms with Gasteiger partial charge in [0.1, 0.15) is 12.3 Å². The van der Waals surface area contributed by atoms with Crippen molar-refractivity contribution in [1.29, 1.82) is 0 Å². The largest absolute Gasteiger partial charge is 0.497 e. The quantitative estimate of drug-likeness (QED) is 0.304. The van der Waals surface area contributed by atoms with E-state index in [2.05, 4.69) is 22.2 Å². The Labute approximate surface area is 166 Å². The molecule has 0 spiro atoms. The minimum Gasteiger partial charge on any atom is -0.497 e. The number of alkyl halides is 3.